The van der Waals surface area contributed by atoms with Gasteiger partial charge in [-0.1, -0.05) is 13.8 Å². The number of amides is 2. The van der Waals surface area contributed by atoms with E-state index in [1.807, 2.05) is 20.8 Å². The topological polar surface area (TPSA) is 70.2 Å². The van der Waals surface area contributed by atoms with Crippen molar-refractivity contribution in [3.8, 4) is 0 Å². The number of nitrogens with one attached hydrogen (secondary N) is 3. The van der Waals surface area contributed by atoms with Crippen LogP contribution in [0.15, 0.2) is 0 Å². The van der Waals surface area contributed by atoms with E-state index in [2.05, 4.69) is 16.0 Å². The van der Waals surface area contributed by atoms with Crippen LogP contribution in [0.5, 0.6) is 0 Å². The minimum absolute atomic E-state index is 0. The Morgan fingerprint density at radius 2 is 1.95 bits per heavy atom. The standard InChI is InChI=1S/C13H25N3O2.ClH/c1-4-9(2)16-12(17)5-6-15-13(18)10(3)11-7-14-8-11;/h9-11,14H,4-8H2,1-3H3,(H,15,18)(H,16,17);1H. The van der Waals surface area contributed by atoms with Gasteiger partial charge in [-0.15, -0.1) is 12.4 Å². The normalized spacial score (nSPS) is 17.6. The van der Waals surface area contributed by atoms with E-state index in [1.165, 1.54) is 0 Å². The monoisotopic (exact) mass is 291 g/mol. The average molecular weight is 292 g/mol. The van der Waals surface area contributed by atoms with E-state index in [9.17, 15) is 9.59 Å². The number of rotatable bonds is 7. The lowest BCUT2D eigenvalue weighted by atomic mass is 9.88. The summed E-state index contributed by atoms with van der Waals surface area (Å²) < 4.78 is 0. The van der Waals surface area contributed by atoms with Gasteiger partial charge in [0.2, 0.25) is 11.8 Å². The zero-order chi connectivity index (χ0) is 13.5. The lowest BCUT2D eigenvalue weighted by Gasteiger charge is -2.31. The van der Waals surface area contributed by atoms with Crippen LogP contribution in [-0.2, 0) is 9.59 Å². The fraction of sp³-hybridized carbons (Fsp3) is 0.846. The zero-order valence-corrected chi connectivity index (χ0v) is 12.8. The molecule has 2 atom stereocenters. The SMILES string of the molecule is CCC(C)NC(=O)CCNC(=O)C(C)C1CNC1.Cl. The predicted molar refractivity (Wildman–Crippen MR) is 78.3 cm³/mol. The molecule has 1 fully saturated rings. The molecule has 5 nitrogen and oxygen atoms in total. The number of hydrogen-bond donors (Lipinski definition) is 3. The smallest absolute Gasteiger partial charge is 0.223 e. The third-order valence-corrected chi connectivity index (χ3v) is 3.60. The molecule has 0 radical (unpaired) electrons. The summed E-state index contributed by atoms with van der Waals surface area (Å²) in [7, 11) is 0. The molecule has 0 spiro atoms. The largest absolute Gasteiger partial charge is 0.355 e. The highest BCUT2D eigenvalue weighted by atomic mass is 35.5. The highest BCUT2D eigenvalue weighted by Crippen LogP contribution is 2.15. The molecule has 0 aromatic carbocycles. The molecule has 0 aromatic heterocycles. The lowest BCUT2D eigenvalue weighted by molar-refractivity contribution is -0.127. The second-order valence-electron chi connectivity index (χ2n) is 5.12. The molecule has 0 aliphatic carbocycles. The quantitative estimate of drug-likeness (QED) is 0.646. The molecule has 6 heteroatoms. The first-order chi connectivity index (χ1) is 8.54. The fourth-order valence-electron chi connectivity index (χ4n) is 1.79. The van der Waals surface area contributed by atoms with Crippen LogP contribution < -0.4 is 16.0 Å². The van der Waals surface area contributed by atoms with E-state index in [4.69, 9.17) is 0 Å². The van der Waals surface area contributed by atoms with Crippen molar-refractivity contribution in [3.63, 3.8) is 0 Å². The number of hydrogen-bond acceptors (Lipinski definition) is 3. The molecule has 3 N–H and O–H groups in total. The van der Waals surface area contributed by atoms with Gasteiger partial charge < -0.3 is 16.0 Å². The number of carbonyl (C=O) groups excluding carboxylic acids is 2. The highest BCUT2D eigenvalue weighted by Gasteiger charge is 2.28. The van der Waals surface area contributed by atoms with Crippen molar-refractivity contribution in [2.24, 2.45) is 11.8 Å². The van der Waals surface area contributed by atoms with Crippen LogP contribution in [0.2, 0.25) is 0 Å². The van der Waals surface area contributed by atoms with Crippen LogP contribution in [0.3, 0.4) is 0 Å². The Bertz CT molecular complexity index is 296. The van der Waals surface area contributed by atoms with Gasteiger partial charge in [0.1, 0.15) is 0 Å². The molecule has 1 heterocycles. The van der Waals surface area contributed by atoms with Gasteiger partial charge in [-0.25, -0.2) is 0 Å². The van der Waals surface area contributed by atoms with Crippen molar-refractivity contribution < 1.29 is 9.59 Å². The molecule has 19 heavy (non-hydrogen) atoms. The molecular formula is C13H26ClN3O2. The van der Waals surface area contributed by atoms with Gasteiger partial charge in [0.05, 0.1) is 0 Å². The van der Waals surface area contributed by atoms with Gasteiger partial charge in [0.25, 0.3) is 0 Å². The second kappa shape index (κ2) is 9.15. The van der Waals surface area contributed by atoms with Crippen molar-refractivity contribution in [3.05, 3.63) is 0 Å². The highest BCUT2D eigenvalue weighted by molar-refractivity contribution is 5.85. The van der Waals surface area contributed by atoms with E-state index in [-0.39, 0.29) is 36.2 Å². The van der Waals surface area contributed by atoms with Crippen molar-refractivity contribution in [1.29, 1.82) is 0 Å². The molecule has 1 saturated heterocycles. The summed E-state index contributed by atoms with van der Waals surface area (Å²) in [6.07, 6.45) is 1.27. The van der Waals surface area contributed by atoms with Crippen molar-refractivity contribution >= 4 is 24.2 Å². The Kier molecular flexibility index (Phi) is 8.76. The van der Waals surface area contributed by atoms with Gasteiger partial charge in [-0.3, -0.25) is 9.59 Å². The van der Waals surface area contributed by atoms with Gasteiger partial charge in [0.15, 0.2) is 0 Å². The minimum atomic E-state index is 0. The molecular weight excluding hydrogens is 266 g/mol. The molecule has 112 valence electrons. The summed E-state index contributed by atoms with van der Waals surface area (Å²) in [6, 6.07) is 0.202. The Hall–Kier alpha value is -0.810. The fourth-order valence-corrected chi connectivity index (χ4v) is 1.79. The summed E-state index contributed by atoms with van der Waals surface area (Å²) in [5, 5.41) is 8.86. The summed E-state index contributed by atoms with van der Waals surface area (Å²) >= 11 is 0. The molecule has 1 rings (SSSR count). The number of carbonyl (C=O) groups is 2. The first-order valence-electron chi connectivity index (χ1n) is 6.82. The number of halogens is 1. The first kappa shape index (κ1) is 18.2. The van der Waals surface area contributed by atoms with E-state index in [1.54, 1.807) is 0 Å². The summed E-state index contributed by atoms with van der Waals surface area (Å²) in [5.41, 5.74) is 0. The van der Waals surface area contributed by atoms with Crippen LogP contribution in [0.1, 0.15) is 33.6 Å². The Morgan fingerprint density at radius 1 is 1.32 bits per heavy atom. The van der Waals surface area contributed by atoms with Crippen LogP contribution in [0, 0.1) is 11.8 Å². The Labute approximate surface area is 121 Å². The molecule has 0 aromatic rings. The van der Waals surface area contributed by atoms with Crippen molar-refractivity contribution in [2.75, 3.05) is 19.6 Å². The van der Waals surface area contributed by atoms with Crippen LogP contribution in [0.4, 0.5) is 0 Å². The van der Waals surface area contributed by atoms with E-state index in [0.29, 0.717) is 18.9 Å². The van der Waals surface area contributed by atoms with Gasteiger partial charge in [-0.05, 0) is 32.4 Å². The van der Waals surface area contributed by atoms with Crippen molar-refractivity contribution in [2.45, 2.75) is 39.7 Å². The third kappa shape index (κ3) is 6.25. The first-order valence-corrected chi connectivity index (χ1v) is 6.82. The maximum atomic E-state index is 11.8. The molecule has 2 amide bonds. The Balaban J connectivity index is 0.00000324. The van der Waals surface area contributed by atoms with Crippen LogP contribution in [0.25, 0.3) is 0 Å². The zero-order valence-electron chi connectivity index (χ0n) is 12.0. The lowest BCUT2D eigenvalue weighted by Crippen LogP contribution is -2.49. The molecule has 2 unspecified atom stereocenters. The van der Waals surface area contributed by atoms with Crippen LogP contribution >= 0.6 is 12.4 Å². The summed E-state index contributed by atoms with van der Waals surface area (Å²) in [5.74, 6) is 0.531. The van der Waals surface area contributed by atoms with Crippen molar-refractivity contribution in [1.82, 2.24) is 16.0 Å². The minimum Gasteiger partial charge on any atom is -0.355 e. The Morgan fingerprint density at radius 3 is 2.42 bits per heavy atom. The van der Waals surface area contributed by atoms with Crippen LogP contribution in [-0.4, -0.2) is 37.5 Å². The average Bonchev–Trinajstić information content (AvgIpc) is 2.26. The third-order valence-electron chi connectivity index (χ3n) is 3.60. The second-order valence-corrected chi connectivity index (χ2v) is 5.12. The van der Waals surface area contributed by atoms with E-state index < -0.39 is 0 Å². The molecule has 0 saturated carbocycles. The summed E-state index contributed by atoms with van der Waals surface area (Å²) in [4.78, 5) is 23.3. The van der Waals surface area contributed by atoms with Gasteiger partial charge in [-0.2, -0.15) is 0 Å². The predicted octanol–water partition coefficient (Wildman–Crippen LogP) is 0.685. The van der Waals surface area contributed by atoms with Gasteiger partial charge in [0, 0.05) is 24.9 Å². The van der Waals surface area contributed by atoms with E-state index in [0.717, 1.165) is 19.5 Å². The molecule has 0 bridgehead atoms. The molecule has 1 aliphatic rings. The maximum Gasteiger partial charge on any atom is 0.223 e. The van der Waals surface area contributed by atoms with E-state index >= 15 is 0 Å². The maximum absolute atomic E-state index is 11.8. The summed E-state index contributed by atoms with van der Waals surface area (Å²) in [6.45, 7) is 8.21. The molecule has 1 aliphatic heterocycles. The van der Waals surface area contributed by atoms with Gasteiger partial charge >= 0.3 is 0 Å².